The molecule has 5 nitrogen and oxygen atoms in total. The zero-order valence-electron chi connectivity index (χ0n) is 11.5. The standard InChI is InChI=1S/C14H17NO4/c1-15-7-5-6-9-10(14(15)16)8-11(17-2)13(19-4)12(9)18-3/h5,7-8H,6H2,1-4H3. The second-order valence-electron chi connectivity index (χ2n) is 4.18. The van der Waals surface area contributed by atoms with E-state index in [4.69, 9.17) is 14.2 Å². The molecule has 0 aromatic heterocycles. The van der Waals surface area contributed by atoms with Crippen LogP contribution in [0.1, 0.15) is 15.9 Å². The largest absolute Gasteiger partial charge is 0.493 e. The number of amides is 1. The molecule has 0 radical (unpaired) electrons. The third kappa shape index (κ3) is 2.12. The Morgan fingerprint density at radius 2 is 1.79 bits per heavy atom. The normalized spacial score (nSPS) is 13.9. The SMILES string of the molecule is COc1cc2c(c(OC)c1OC)CC=CN(C)C2=O. The molecule has 1 aliphatic heterocycles. The Bertz CT molecular complexity index is 537. The molecule has 19 heavy (non-hydrogen) atoms. The molecule has 0 bridgehead atoms. The summed E-state index contributed by atoms with van der Waals surface area (Å²) in [7, 11) is 6.36. The number of ether oxygens (including phenoxy) is 3. The molecule has 0 saturated heterocycles. The van der Waals surface area contributed by atoms with Crippen molar-refractivity contribution in [1.29, 1.82) is 0 Å². The Morgan fingerprint density at radius 3 is 2.37 bits per heavy atom. The summed E-state index contributed by atoms with van der Waals surface area (Å²) in [5.74, 6) is 1.45. The summed E-state index contributed by atoms with van der Waals surface area (Å²) in [6.45, 7) is 0. The van der Waals surface area contributed by atoms with Gasteiger partial charge in [0, 0.05) is 18.8 Å². The van der Waals surface area contributed by atoms with Crippen LogP contribution in [0.5, 0.6) is 17.2 Å². The van der Waals surface area contributed by atoms with Crippen LogP contribution in [0.4, 0.5) is 0 Å². The van der Waals surface area contributed by atoms with Gasteiger partial charge in [-0.3, -0.25) is 4.79 Å². The lowest BCUT2D eigenvalue weighted by Gasteiger charge is -2.18. The average molecular weight is 263 g/mol. The zero-order chi connectivity index (χ0) is 14.0. The van der Waals surface area contributed by atoms with E-state index in [-0.39, 0.29) is 5.91 Å². The van der Waals surface area contributed by atoms with Crippen molar-refractivity contribution in [2.45, 2.75) is 6.42 Å². The van der Waals surface area contributed by atoms with E-state index in [0.29, 0.717) is 29.2 Å². The molecule has 5 heteroatoms. The first-order valence-electron chi connectivity index (χ1n) is 5.89. The fourth-order valence-electron chi connectivity index (χ4n) is 2.20. The molecular formula is C14H17NO4. The van der Waals surface area contributed by atoms with Crippen LogP contribution >= 0.6 is 0 Å². The molecular weight excluding hydrogens is 246 g/mol. The lowest BCUT2D eigenvalue weighted by atomic mass is 10.0. The van der Waals surface area contributed by atoms with E-state index in [9.17, 15) is 4.79 Å². The molecule has 1 amide bonds. The van der Waals surface area contributed by atoms with E-state index in [2.05, 4.69) is 0 Å². The highest BCUT2D eigenvalue weighted by Crippen LogP contribution is 2.43. The van der Waals surface area contributed by atoms with E-state index in [1.807, 2.05) is 6.08 Å². The summed E-state index contributed by atoms with van der Waals surface area (Å²) in [6.07, 6.45) is 4.27. The Kier molecular flexibility index (Phi) is 3.64. The van der Waals surface area contributed by atoms with Gasteiger partial charge in [0.25, 0.3) is 5.91 Å². The van der Waals surface area contributed by atoms with Crippen molar-refractivity contribution in [2.24, 2.45) is 0 Å². The minimum absolute atomic E-state index is 0.0944. The van der Waals surface area contributed by atoms with Crippen LogP contribution < -0.4 is 14.2 Å². The third-order valence-electron chi connectivity index (χ3n) is 3.13. The zero-order valence-corrected chi connectivity index (χ0v) is 11.5. The number of carbonyl (C=O) groups is 1. The summed E-state index contributed by atoms with van der Waals surface area (Å²) in [6, 6.07) is 1.70. The first-order chi connectivity index (χ1) is 9.13. The molecule has 0 spiro atoms. The second-order valence-corrected chi connectivity index (χ2v) is 4.18. The van der Waals surface area contributed by atoms with Crippen molar-refractivity contribution < 1.29 is 19.0 Å². The molecule has 0 saturated carbocycles. The quantitative estimate of drug-likeness (QED) is 0.835. The van der Waals surface area contributed by atoms with Gasteiger partial charge in [0.2, 0.25) is 5.75 Å². The number of rotatable bonds is 3. The fourth-order valence-corrected chi connectivity index (χ4v) is 2.20. The molecule has 102 valence electrons. The van der Waals surface area contributed by atoms with Gasteiger partial charge in [-0.1, -0.05) is 6.08 Å². The van der Waals surface area contributed by atoms with Crippen molar-refractivity contribution >= 4 is 5.91 Å². The van der Waals surface area contributed by atoms with Gasteiger partial charge in [-0.25, -0.2) is 0 Å². The van der Waals surface area contributed by atoms with Crippen LogP contribution in [0, 0.1) is 0 Å². The van der Waals surface area contributed by atoms with Crippen molar-refractivity contribution in [3.8, 4) is 17.2 Å². The van der Waals surface area contributed by atoms with Gasteiger partial charge in [0.15, 0.2) is 11.5 Å². The van der Waals surface area contributed by atoms with E-state index >= 15 is 0 Å². The highest BCUT2D eigenvalue weighted by Gasteiger charge is 2.26. The van der Waals surface area contributed by atoms with Gasteiger partial charge in [0.1, 0.15) is 0 Å². The second kappa shape index (κ2) is 5.22. The van der Waals surface area contributed by atoms with Crippen LogP contribution in [0.15, 0.2) is 18.3 Å². The van der Waals surface area contributed by atoms with Gasteiger partial charge in [-0.05, 0) is 12.5 Å². The minimum atomic E-state index is -0.0944. The van der Waals surface area contributed by atoms with Gasteiger partial charge in [-0.2, -0.15) is 0 Å². The number of allylic oxidation sites excluding steroid dienone is 1. The van der Waals surface area contributed by atoms with Crippen LogP contribution in [-0.2, 0) is 6.42 Å². The highest BCUT2D eigenvalue weighted by atomic mass is 16.5. The number of carbonyl (C=O) groups excluding carboxylic acids is 1. The molecule has 0 unspecified atom stereocenters. The van der Waals surface area contributed by atoms with Crippen molar-refractivity contribution in [2.75, 3.05) is 28.4 Å². The van der Waals surface area contributed by atoms with E-state index in [1.54, 1.807) is 33.5 Å². The number of hydrogen-bond acceptors (Lipinski definition) is 4. The van der Waals surface area contributed by atoms with Gasteiger partial charge < -0.3 is 19.1 Å². The van der Waals surface area contributed by atoms with Crippen LogP contribution in [0.25, 0.3) is 0 Å². The Morgan fingerprint density at radius 1 is 1.11 bits per heavy atom. The monoisotopic (exact) mass is 263 g/mol. The molecule has 0 atom stereocenters. The smallest absolute Gasteiger partial charge is 0.258 e. The lowest BCUT2D eigenvalue weighted by Crippen LogP contribution is -2.21. The molecule has 0 fully saturated rings. The maximum atomic E-state index is 12.3. The van der Waals surface area contributed by atoms with Gasteiger partial charge >= 0.3 is 0 Å². The maximum Gasteiger partial charge on any atom is 0.258 e. The lowest BCUT2D eigenvalue weighted by molar-refractivity contribution is 0.0850. The Labute approximate surface area is 112 Å². The number of benzene rings is 1. The summed E-state index contributed by atoms with van der Waals surface area (Å²) in [5.41, 5.74) is 1.38. The van der Waals surface area contributed by atoms with Crippen LogP contribution in [-0.4, -0.2) is 39.2 Å². The topological polar surface area (TPSA) is 48.0 Å². The molecule has 0 aliphatic carbocycles. The summed E-state index contributed by atoms with van der Waals surface area (Å²) in [5, 5.41) is 0. The number of fused-ring (bicyclic) bond motifs is 1. The Hall–Kier alpha value is -2.17. The fraction of sp³-hybridized carbons (Fsp3) is 0.357. The van der Waals surface area contributed by atoms with Gasteiger partial charge in [-0.15, -0.1) is 0 Å². The first-order valence-corrected chi connectivity index (χ1v) is 5.89. The van der Waals surface area contributed by atoms with E-state index < -0.39 is 0 Å². The van der Waals surface area contributed by atoms with Crippen LogP contribution in [0.3, 0.4) is 0 Å². The average Bonchev–Trinajstić information content (AvgIpc) is 2.57. The molecule has 1 aromatic carbocycles. The molecule has 1 aromatic rings. The molecule has 0 N–H and O–H groups in total. The van der Waals surface area contributed by atoms with Gasteiger partial charge in [0.05, 0.1) is 26.9 Å². The number of hydrogen-bond donors (Lipinski definition) is 0. The predicted octanol–water partition coefficient (Wildman–Crippen LogP) is 1.85. The third-order valence-corrected chi connectivity index (χ3v) is 3.13. The van der Waals surface area contributed by atoms with E-state index in [0.717, 1.165) is 5.56 Å². The maximum absolute atomic E-state index is 12.3. The van der Waals surface area contributed by atoms with Crippen LogP contribution in [0.2, 0.25) is 0 Å². The predicted molar refractivity (Wildman–Crippen MR) is 71.0 cm³/mol. The highest BCUT2D eigenvalue weighted by molar-refractivity contribution is 5.98. The summed E-state index contributed by atoms with van der Waals surface area (Å²) < 4.78 is 16.0. The number of methoxy groups -OCH3 is 3. The van der Waals surface area contributed by atoms with Crippen molar-refractivity contribution in [1.82, 2.24) is 4.90 Å². The van der Waals surface area contributed by atoms with Crippen molar-refractivity contribution in [3.63, 3.8) is 0 Å². The van der Waals surface area contributed by atoms with E-state index in [1.165, 1.54) is 12.0 Å². The molecule has 1 aliphatic rings. The Balaban J connectivity index is 2.72. The summed E-state index contributed by atoms with van der Waals surface area (Å²) >= 11 is 0. The minimum Gasteiger partial charge on any atom is -0.493 e. The molecule has 1 heterocycles. The summed E-state index contributed by atoms with van der Waals surface area (Å²) in [4.78, 5) is 13.8. The first kappa shape index (κ1) is 13.3. The van der Waals surface area contributed by atoms with Crippen molar-refractivity contribution in [3.05, 3.63) is 29.5 Å². The number of nitrogens with zero attached hydrogens (tertiary/aromatic N) is 1. The molecule has 2 rings (SSSR count).